The van der Waals surface area contributed by atoms with Crippen LogP contribution in [0.2, 0.25) is 5.02 Å². The molecule has 2 aromatic heterocycles. The number of halogens is 1. The minimum absolute atomic E-state index is 0.671. The van der Waals surface area contributed by atoms with Gasteiger partial charge in [-0.2, -0.15) is 0 Å². The van der Waals surface area contributed by atoms with Crippen molar-refractivity contribution < 1.29 is 0 Å². The second kappa shape index (κ2) is 6.90. The van der Waals surface area contributed by atoms with E-state index in [1.165, 1.54) is 35.1 Å². The summed E-state index contributed by atoms with van der Waals surface area (Å²) in [6.07, 6.45) is 6.87. The average molecular weight is 376 g/mol. The molecule has 0 bridgehead atoms. The number of nitrogens with one attached hydrogen (secondary N) is 1. The van der Waals surface area contributed by atoms with Crippen molar-refractivity contribution in [1.82, 2.24) is 9.97 Å². The van der Waals surface area contributed by atoms with Crippen molar-refractivity contribution in [2.75, 3.05) is 11.6 Å². The summed E-state index contributed by atoms with van der Waals surface area (Å²) in [5.74, 6) is 0.948. The quantitative estimate of drug-likeness (QED) is 0.478. The van der Waals surface area contributed by atoms with E-state index in [4.69, 9.17) is 21.6 Å². The molecule has 2 heterocycles. The van der Waals surface area contributed by atoms with Gasteiger partial charge >= 0.3 is 0 Å². The maximum Gasteiger partial charge on any atom is 0.190 e. The molecule has 6 heteroatoms. The Balaban J connectivity index is 1.75. The first-order chi connectivity index (χ1) is 11.8. The molecule has 0 aliphatic heterocycles. The topological polar surface area (TPSA) is 37.8 Å². The van der Waals surface area contributed by atoms with E-state index in [0.717, 1.165) is 32.8 Å². The highest BCUT2D eigenvalue weighted by Crippen LogP contribution is 2.39. The first-order valence-electron chi connectivity index (χ1n) is 8.10. The molecule has 24 heavy (non-hydrogen) atoms. The number of nitrogens with zero attached hydrogens (tertiary/aromatic N) is 2. The van der Waals surface area contributed by atoms with Crippen LogP contribution < -0.4 is 5.32 Å². The van der Waals surface area contributed by atoms with E-state index >= 15 is 0 Å². The minimum atomic E-state index is 0.671. The lowest BCUT2D eigenvalue weighted by atomic mass is 9.97. The van der Waals surface area contributed by atoms with Gasteiger partial charge in [0.05, 0.1) is 5.39 Å². The van der Waals surface area contributed by atoms with Gasteiger partial charge in [-0.05, 0) is 49.1 Å². The minimum Gasteiger partial charge on any atom is -0.365 e. The molecule has 1 aliphatic carbocycles. The molecule has 0 radical (unpaired) electrons. The Kier molecular flexibility index (Phi) is 4.66. The summed E-state index contributed by atoms with van der Waals surface area (Å²) in [7, 11) is 0. The van der Waals surface area contributed by atoms with Gasteiger partial charge in [0.2, 0.25) is 0 Å². The molecule has 0 saturated heterocycles. The van der Waals surface area contributed by atoms with Gasteiger partial charge in [0.15, 0.2) is 5.16 Å². The monoisotopic (exact) mass is 375 g/mol. The lowest BCUT2D eigenvalue weighted by Crippen LogP contribution is -2.05. The zero-order chi connectivity index (χ0) is 16.5. The third kappa shape index (κ3) is 3.01. The molecule has 0 atom stereocenters. The molecule has 0 spiro atoms. The van der Waals surface area contributed by atoms with E-state index in [9.17, 15) is 0 Å². The molecule has 1 N–H and O–H groups in total. The Morgan fingerprint density at radius 1 is 1.21 bits per heavy atom. The summed E-state index contributed by atoms with van der Waals surface area (Å²) in [6.45, 7) is 0.671. The Morgan fingerprint density at radius 3 is 2.88 bits per heavy atom. The zero-order valence-electron chi connectivity index (χ0n) is 13.4. The van der Waals surface area contributed by atoms with Crippen molar-refractivity contribution >= 4 is 50.7 Å². The van der Waals surface area contributed by atoms with E-state index in [-0.39, 0.29) is 0 Å². The summed E-state index contributed by atoms with van der Waals surface area (Å²) in [5.41, 5.74) is 2.54. The molecular formula is C18H18ClN3S2. The zero-order valence-corrected chi connectivity index (χ0v) is 15.8. The van der Waals surface area contributed by atoms with Gasteiger partial charge in [0.1, 0.15) is 10.6 Å². The van der Waals surface area contributed by atoms with Crippen molar-refractivity contribution in [2.24, 2.45) is 0 Å². The first kappa shape index (κ1) is 16.2. The molecule has 0 amide bonds. The fraction of sp³-hybridized carbons (Fsp3) is 0.333. The van der Waals surface area contributed by atoms with E-state index < -0.39 is 0 Å². The highest BCUT2D eigenvalue weighted by atomic mass is 35.5. The third-order valence-corrected chi connectivity index (χ3v) is 6.48. The molecule has 0 fully saturated rings. The van der Waals surface area contributed by atoms with Crippen molar-refractivity contribution in [3.63, 3.8) is 0 Å². The van der Waals surface area contributed by atoms with Gasteiger partial charge in [-0.1, -0.05) is 41.6 Å². The summed E-state index contributed by atoms with van der Waals surface area (Å²) < 4.78 is 0. The number of aryl methyl sites for hydroxylation is 2. The van der Waals surface area contributed by atoms with E-state index in [0.29, 0.717) is 6.54 Å². The number of rotatable bonds is 4. The standard InChI is InChI=1S/C18H18ClN3S2/c1-23-18-21-16(20-10-11-6-2-4-8-13(11)19)15-12-7-3-5-9-14(12)24-17(15)22-18/h2,4,6,8H,3,5,7,9-10H2,1H3,(H,20,21,22). The fourth-order valence-electron chi connectivity index (χ4n) is 3.18. The van der Waals surface area contributed by atoms with Crippen molar-refractivity contribution in [3.8, 4) is 0 Å². The number of aromatic nitrogens is 2. The van der Waals surface area contributed by atoms with Crippen LogP contribution in [0.15, 0.2) is 29.4 Å². The molecular weight excluding hydrogens is 358 g/mol. The van der Waals surface area contributed by atoms with Crippen LogP contribution in [-0.2, 0) is 19.4 Å². The normalized spacial score (nSPS) is 13.9. The van der Waals surface area contributed by atoms with Crippen LogP contribution in [0.3, 0.4) is 0 Å². The fourth-order valence-corrected chi connectivity index (χ4v) is 5.06. The molecule has 3 nitrogen and oxygen atoms in total. The number of thiophene rings is 1. The molecule has 0 saturated carbocycles. The molecule has 0 unspecified atom stereocenters. The lowest BCUT2D eigenvalue weighted by molar-refractivity contribution is 0.700. The summed E-state index contributed by atoms with van der Waals surface area (Å²) in [6, 6.07) is 7.94. The van der Waals surface area contributed by atoms with E-state index in [1.54, 1.807) is 11.8 Å². The number of hydrogen-bond acceptors (Lipinski definition) is 5. The van der Waals surface area contributed by atoms with Crippen LogP contribution in [-0.4, -0.2) is 16.2 Å². The predicted molar refractivity (Wildman–Crippen MR) is 105 cm³/mol. The Morgan fingerprint density at radius 2 is 2.04 bits per heavy atom. The van der Waals surface area contributed by atoms with Crippen LogP contribution in [0.4, 0.5) is 5.82 Å². The average Bonchev–Trinajstić information content (AvgIpc) is 2.99. The second-order valence-electron chi connectivity index (χ2n) is 5.89. The number of hydrogen-bond donors (Lipinski definition) is 1. The maximum atomic E-state index is 6.29. The molecule has 1 aliphatic rings. The molecule has 3 aromatic rings. The third-order valence-electron chi connectivity index (χ3n) is 4.38. The van der Waals surface area contributed by atoms with Gasteiger partial charge in [-0.3, -0.25) is 0 Å². The SMILES string of the molecule is CSc1nc(NCc2ccccc2Cl)c2c3c(sc2n1)CCCC3. The molecule has 124 valence electrons. The van der Waals surface area contributed by atoms with Gasteiger partial charge in [0.25, 0.3) is 0 Å². The van der Waals surface area contributed by atoms with Crippen molar-refractivity contribution in [2.45, 2.75) is 37.4 Å². The molecule has 4 rings (SSSR count). The van der Waals surface area contributed by atoms with Gasteiger partial charge in [0, 0.05) is 16.4 Å². The Labute approximate surface area is 154 Å². The number of benzene rings is 1. The first-order valence-corrected chi connectivity index (χ1v) is 10.5. The smallest absolute Gasteiger partial charge is 0.190 e. The lowest BCUT2D eigenvalue weighted by Gasteiger charge is -2.13. The highest BCUT2D eigenvalue weighted by molar-refractivity contribution is 7.98. The van der Waals surface area contributed by atoms with Gasteiger partial charge in [-0.25, -0.2) is 9.97 Å². The van der Waals surface area contributed by atoms with Gasteiger partial charge in [-0.15, -0.1) is 11.3 Å². The Bertz CT molecular complexity index is 891. The van der Waals surface area contributed by atoms with Gasteiger partial charge < -0.3 is 5.32 Å². The number of fused-ring (bicyclic) bond motifs is 3. The summed E-state index contributed by atoms with van der Waals surface area (Å²) in [4.78, 5) is 12.1. The van der Waals surface area contributed by atoms with E-state index in [2.05, 4.69) is 5.32 Å². The van der Waals surface area contributed by atoms with E-state index in [1.807, 2.05) is 41.9 Å². The summed E-state index contributed by atoms with van der Waals surface area (Å²) in [5, 5.41) is 6.34. The number of thioether (sulfide) groups is 1. The molecule has 1 aromatic carbocycles. The highest BCUT2D eigenvalue weighted by Gasteiger charge is 2.21. The Hall–Kier alpha value is -1.30. The number of anilines is 1. The largest absolute Gasteiger partial charge is 0.365 e. The van der Waals surface area contributed by atoms with Crippen molar-refractivity contribution in [3.05, 3.63) is 45.3 Å². The van der Waals surface area contributed by atoms with Crippen LogP contribution in [0.25, 0.3) is 10.2 Å². The second-order valence-corrected chi connectivity index (χ2v) is 8.16. The van der Waals surface area contributed by atoms with Crippen LogP contribution in [0.5, 0.6) is 0 Å². The predicted octanol–water partition coefficient (Wildman–Crippen LogP) is 5.56. The summed E-state index contributed by atoms with van der Waals surface area (Å²) >= 11 is 9.71. The van der Waals surface area contributed by atoms with Crippen molar-refractivity contribution in [1.29, 1.82) is 0 Å². The maximum absolute atomic E-state index is 6.29. The van der Waals surface area contributed by atoms with Crippen LogP contribution >= 0.6 is 34.7 Å². The van der Waals surface area contributed by atoms with Crippen LogP contribution in [0, 0.1) is 0 Å². The van der Waals surface area contributed by atoms with Crippen LogP contribution in [0.1, 0.15) is 28.8 Å².